The van der Waals surface area contributed by atoms with Gasteiger partial charge >= 0.3 is 0 Å². The number of hydrogen-bond acceptors (Lipinski definition) is 6. The molecule has 0 unspecified atom stereocenters. The predicted molar refractivity (Wildman–Crippen MR) is 102 cm³/mol. The SMILES string of the molecule is COc1cc(NC(=O)c2ccc3c(c2)S(=O)(=O)N(C(C)C)C3=O)cc(OC)c1. The fourth-order valence-electron chi connectivity index (χ4n) is 2.98. The molecular formula is C19H20N2O6S. The third-order valence-electron chi connectivity index (χ3n) is 4.29. The zero-order chi connectivity index (χ0) is 20.6. The van der Waals surface area contributed by atoms with Crippen molar-refractivity contribution < 1.29 is 27.5 Å². The van der Waals surface area contributed by atoms with Gasteiger partial charge in [-0.1, -0.05) is 0 Å². The second kappa shape index (κ2) is 7.16. The Kier molecular flexibility index (Phi) is 5.03. The molecule has 2 aromatic carbocycles. The van der Waals surface area contributed by atoms with Crippen molar-refractivity contribution in [3.8, 4) is 11.5 Å². The smallest absolute Gasteiger partial charge is 0.269 e. The van der Waals surface area contributed by atoms with Crippen molar-refractivity contribution in [2.75, 3.05) is 19.5 Å². The molecule has 0 atom stereocenters. The first-order chi connectivity index (χ1) is 13.2. The van der Waals surface area contributed by atoms with E-state index in [1.54, 1.807) is 32.0 Å². The van der Waals surface area contributed by atoms with E-state index in [1.165, 1.54) is 32.4 Å². The minimum absolute atomic E-state index is 0.0632. The second-order valence-corrected chi connectivity index (χ2v) is 8.25. The summed E-state index contributed by atoms with van der Waals surface area (Å²) in [6.07, 6.45) is 0. The van der Waals surface area contributed by atoms with Crippen LogP contribution in [0.1, 0.15) is 34.6 Å². The Bertz CT molecular complexity index is 1040. The normalized spacial score (nSPS) is 14.8. The number of carbonyl (C=O) groups is 2. The van der Waals surface area contributed by atoms with Gasteiger partial charge in [-0.3, -0.25) is 9.59 Å². The number of rotatable bonds is 5. The molecule has 2 aromatic rings. The Morgan fingerprint density at radius 2 is 1.64 bits per heavy atom. The summed E-state index contributed by atoms with van der Waals surface area (Å²) in [7, 11) is -1.00. The minimum Gasteiger partial charge on any atom is -0.497 e. The number of nitrogens with zero attached hydrogens (tertiary/aromatic N) is 1. The van der Waals surface area contributed by atoms with Crippen molar-refractivity contribution in [1.29, 1.82) is 0 Å². The molecule has 148 valence electrons. The van der Waals surface area contributed by atoms with E-state index in [4.69, 9.17) is 9.47 Å². The van der Waals surface area contributed by atoms with E-state index in [2.05, 4.69) is 5.32 Å². The molecule has 3 rings (SSSR count). The van der Waals surface area contributed by atoms with Crippen LogP contribution in [0.5, 0.6) is 11.5 Å². The quantitative estimate of drug-likeness (QED) is 0.822. The lowest BCUT2D eigenvalue weighted by atomic mass is 10.1. The van der Waals surface area contributed by atoms with Gasteiger partial charge < -0.3 is 14.8 Å². The summed E-state index contributed by atoms with van der Waals surface area (Å²) in [5.74, 6) is -0.132. The summed E-state index contributed by atoms with van der Waals surface area (Å²) in [6.45, 7) is 3.23. The van der Waals surface area contributed by atoms with Crippen LogP contribution in [-0.4, -0.2) is 44.8 Å². The predicted octanol–water partition coefficient (Wildman–Crippen LogP) is 2.51. The van der Waals surface area contributed by atoms with Gasteiger partial charge in [-0.25, -0.2) is 12.7 Å². The van der Waals surface area contributed by atoms with Crippen molar-refractivity contribution in [2.45, 2.75) is 24.8 Å². The largest absolute Gasteiger partial charge is 0.497 e. The molecule has 0 saturated heterocycles. The molecule has 9 heteroatoms. The first-order valence-electron chi connectivity index (χ1n) is 8.46. The van der Waals surface area contributed by atoms with Gasteiger partial charge in [0.25, 0.3) is 21.8 Å². The van der Waals surface area contributed by atoms with Crippen molar-refractivity contribution in [3.63, 3.8) is 0 Å². The maximum atomic E-state index is 12.7. The van der Waals surface area contributed by atoms with Crippen molar-refractivity contribution >= 4 is 27.5 Å². The van der Waals surface area contributed by atoms with E-state index >= 15 is 0 Å². The van der Waals surface area contributed by atoms with Gasteiger partial charge in [-0.05, 0) is 32.0 Å². The molecule has 1 N–H and O–H groups in total. The molecule has 1 aliphatic heterocycles. The first-order valence-corrected chi connectivity index (χ1v) is 9.90. The van der Waals surface area contributed by atoms with Crippen LogP contribution in [0.25, 0.3) is 0 Å². The lowest BCUT2D eigenvalue weighted by Gasteiger charge is -2.18. The van der Waals surface area contributed by atoms with Gasteiger partial charge in [0.15, 0.2) is 0 Å². The Balaban J connectivity index is 1.94. The van der Waals surface area contributed by atoms with Gasteiger partial charge in [0.1, 0.15) is 16.4 Å². The highest BCUT2D eigenvalue weighted by Crippen LogP contribution is 2.33. The van der Waals surface area contributed by atoms with Gasteiger partial charge in [-0.2, -0.15) is 0 Å². The van der Waals surface area contributed by atoms with Crippen LogP contribution in [0.4, 0.5) is 5.69 Å². The van der Waals surface area contributed by atoms with Crippen LogP contribution < -0.4 is 14.8 Å². The Morgan fingerprint density at radius 3 is 2.18 bits per heavy atom. The fraction of sp³-hybridized carbons (Fsp3) is 0.263. The van der Waals surface area contributed by atoms with E-state index in [1.807, 2.05) is 0 Å². The zero-order valence-electron chi connectivity index (χ0n) is 15.8. The molecular weight excluding hydrogens is 384 g/mol. The van der Waals surface area contributed by atoms with Crippen LogP contribution in [-0.2, 0) is 10.0 Å². The van der Waals surface area contributed by atoms with E-state index in [0.29, 0.717) is 17.2 Å². The summed E-state index contributed by atoms with van der Waals surface area (Å²) in [6, 6.07) is 8.35. The Labute approximate surface area is 163 Å². The molecule has 0 aromatic heterocycles. The van der Waals surface area contributed by atoms with E-state index < -0.39 is 27.9 Å². The molecule has 0 fully saturated rings. The van der Waals surface area contributed by atoms with Crippen molar-refractivity contribution in [2.24, 2.45) is 0 Å². The highest BCUT2D eigenvalue weighted by atomic mass is 32.2. The molecule has 0 bridgehead atoms. The lowest BCUT2D eigenvalue weighted by Crippen LogP contribution is -2.36. The number of ether oxygens (including phenoxy) is 2. The third kappa shape index (κ3) is 3.29. The summed E-state index contributed by atoms with van der Waals surface area (Å²) < 4.78 is 36.5. The number of anilines is 1. The number of carbonyl (C=O) groups excluding carboxylic acids is 2. The van der Waals surface area contributed by atoms with Gasteiger partial charge in [0.05, 0.1) is 19.8 Å². The molecule has 0 radical (unpaired) electrons. The fourth-order valence-corrected chi connectivity index (χ4v) is 4.78. The molecule has 0 aliphatic carbocycles. The molecule has 1 aliphatic rings. The van der Waals surface area contributed by atoms with Crippen LogP contribution in [0, 0.1) is 0 Å². The number of sulfonamides is 1. The van der Waals surface area contributed by atoms with Crippen LogP contribution in [0.2, 0.25) is 0 Å². The molecule has 0 saturated carbocycles. The number of fused-ring (bicyclic) bond motifs is 1. The molecule has 1 heterocycles. The summed E-state index contributed by atoms with van der Waals surface area (Å²) in [5.41, 5.74) is 0.597. The summed E-state index contributed by atoms with van der Waals surface area (Å²) in [5, 5.41) is 2.68. The number of benzene rings is 2. The van der Waals surface area contributed by atoms with E-state index in [0.717, 1.165) is 4.31 Å². The van der Waals surface area contributed by atoms with Crippen LogP contribution in [0.15, 0.2) is 41.3 Å². The Hall–Kier alpha value is -3.07. The van der Waals surface area contributed by atoms with Crippen LogP contribution in [0.3, 0.4) is 0 Å². The Morgan fingerprint density at radius 1 is 1.04 bits per heavy atom. The maximum absolute atomic E-state index is 12.7. The maximum Gasteiger partial charge on any atom is 0.269 e. The second-order valence-electron chi connectivity index (χ2n) is 6.47. The zero-order valence-corrected chi connectivity index (χ0v) is 16.7. The number of nitrogens with one attached hydrogen (secondary N) is 1. The summed E-state index contributed by atoms with van der Waals surface area (Å²) in [4.78, 5) is 24.9. The van der Waals surface area contributed by atoms with Gasteiger partial charge in [0.2, 0.25) is 0 Å². The van der Waals surface area contributed by atoms with Gasteiger partial charge in [0, 0.05) is 35.5 Å². The van der Waals surface area contributed by atoms with Gasteiger partial charge in [-0.15, -0.1) is 0 Å². The van der Waals surface area contributed by atoms with E-state index in [9.17, 15) is 18.0 Å². The summed E-state index contributed by atoms with van der Waals surface area (Å²) >= 11 is 0. The molecule has 0 spiro atoms. The minimum atomic E-state index is -3.98. The van der Waals surface area contributed by atoms with Crippen molar-refractivity contribution in [3.05, 3.63) is 47.5 Å². The third-order valence-corrected chi connectivity index (χ3v) is 6.29. The first kappa shape index (κ1) is 19.7. The molecule has 28 heavy (non-hydrogen) atoms. The van der Waals surface area contributed by atoms with E-state index in [-0.39, 0.29) is 16.0 Å². The molecule has 8 nitrogen and oxygen atoms in total. The highest BCUT2D eigenvalue weighted by molar-refractivity contribution is 7.90. The number of methoxy groups -OCH3 is 2. The average Bonchev–Trinajstić information content (AvgIpc) is 2.86. The topological polar surface area (TPSA) is 102 Å². The number of hydrogen-bond donors (Lipinski definition) is 1. The standard InChI is InChI=1S/C19H20N2O6S/c1-11(2)21-19(23)16-6-5-12(7-17(16)28(21,24)25)18(22)20-13-8-14(26-3)10-15(9-13)27-4/h5-11H,1-4H3,(H,20,22). The average molecular weight is 404 g/mol. The number of amides is 2. The monoisotopic (exact) mass is 404 g/mol. The lowest BCUT2D eigenvalue weighted by molar-refractivity contribution is 0.0846. The van der Waals surface area contributed by atoms with Crippen molar-refractivity contribution in [1.82, 2.24) is 4.31 Å². The molecule has 2 amide bonds. The van der Waals surface area contributed by atoms with Crippen LogP contribution >= 0.6 is 0 Å². The highest BCUT2D eigenvalue weighted by Gasteiger charge is 2.42.